The zero-order valence-corrected chi connectivity index (χ0v) is 7.63. The van der Waals surface area contributed by atoms with Crippen LogP contribution in [0.15, 0.2) is 12.2 Å². The highest BCUT2D eigenvalue weighted by molar-refractivity contribution is 5.11. The fourth-order valence-electron chi connectivity index (χ4n) is 3.00. The highest BCUT2D eigenvalue weighted by Crippen LogP contribution is 2.48. The van der Waals surface area contributed by atoms with Crippen molar-refractivity contribution in [3.05, 3.63) is 12.2 Å². The Hall–Kier alpha value is -0.300. The second-order valence-corrected chi connectivity index (χ2v) is 4.40. The van der Waals surface area contributed by atoms with Gasteiger partial charge in [0.15, 0.2) is 0 Å². The second-order valence-electron chi connectivity index (χ2n) is 4.40. The average Bonchev–Trinajstić information content (AvgIpc) is 2.35. The molecule has 0 aromatic heterocycles. The van der Waals surface area contributed by atoms with Crippen LogP contribution < -0.4 is 0 Å². The van der Waals surface area contributed by atoms with Gasteiger partial charge in [-0.25, -0.2) is 0 Å². The molecule has 1 nitrogen and oxygen atoms in total. The van der Waals surface area contributed by atoms with Gasteiger partial charge in [0.1, 0.15) is 0 Å². The van der Waals surface area contributed by atoms with E-state index in [9.17, 15) is 0 Å². The molecule has 0 aliphatic heterocycles. The number of hydrogen-bond acceptors (Lipinski definition) is 1. The predicted molar refractivity (Wildman–Crippen MR) is 49.8 cm³/mol. The van der Waals surface area contributed by atoms with Crippen molar-refractivity contribution in [1.82, 2.24) is 0 Å². The van der Waals surface area contributed by atoms with Crippen molar-refractivity contribution in [3.63, 3.8) is 0 Å². The zero-order chi connectivity index (χ0) is 8.55. The van der Waals surface area contributed by atoms with Crippen LogP contribution in [0.2, 0.25) is 0 Å². The lowest BCUT2D eigenvalue weighted by atomic mass is 9.78. The van der Waals surface area contributed by atoms with E-state index in [0.717, 1.165) is 24.2 Å². The van der Waals surface area contributed by atoms with Gasteiger partial charge in [-0.1, -0.05) is 12.2 Å². The summed E-state index contributed by atoms with van der Waals surface area (Å²) < 4.78 is 0. The van der Waals surface area contributed by atoms with Crippen LogP contribution in [0.4, 0.5) is 0 Å². The van der Waals surface area contributed by atoms with Crippen molar-refractivity contribution < 1.29 is 5.11 Å². The monoisotopic (exact) mass is 166 g/mol. The largest absolute Gasteiger partial charge is 0.396 e. The molecule has 0 saturated heterocycles. The van der Waals surface area contributed by atoms with Gasteiger partial charge in [-0.05, 0) is 49.9 Å². The van der Waals surface area contributed by atoms with Crippen LogP contribution in [-0.2, 0) is 0 Å². The maximum atomic E-state index is 8.89. The smallest absolute Gasteiger partial charge is 0.0433 e. The molecule has 3 atom stereocenters. The molecule has 1 N–H and O–H groups in total. The van der Waals surface area contributed by atoms with E-state index in [1.165, 1.54) is 31.3 Å². The molecule has 0 heterocycles. The first kappa shape index (κ1) is 8.31. The Bertz CT molecular complexity index is 185. The van der Waals surface area contributed by atoms with Crippen molar-refractivity contribution in [3.8, 4) is 0 Å². The molecular formula is C11H18O. The number of rotatable bonds is 2. The minimum absolute atomic E-state index is 0.373. The third kappa shape index (κ3) is 1.31. The third-order valence-electron chi connectivity index (χ3n) is 3.74. The van der Waals surface area contributed by atoms with Gasteiger partial charge in [0.2, 0.25) is 0 Å². The summed E-state index contributed by atoms with van der Waals surface area (Å²) in [7, 11) is 0. The second kappa shape index (κ2) is 3.21. The number of hydrogen-bond donors (Lipinski definition) is 1. The Labute approximate surface area is 74.5 Å². The first-order chi connectivity index (χ1) is 5.81. The Morgan fingerprint density at radius 2 is 2.25 bits per heavy atom. The van der Waals surface area contributed by atoms with Crippen LogP contribution in [0.25, 0.3) is 0 Å². The minimum Gasteiger partial charge on any atom is -0.396 e. The van der Waals surface area contributed by atoms with Crippen molar-refractivity contribution in [2.24, 2.45) is 17.8 Å². The standard InChI is InChI=1S/C11H18O/c1-8-6-11-7-10(8)3-2-9(11)4-5-12/h9-12H,1-7H2/t9-,10?,11?/m0/s1. The summed E-state index contributed by atoms with van der Waals surface area (Å²) >= 11 is 0. The lowest BCUT2D eigenvalue weighted by Gasteiger charge is -2.27. The van der Waals surface area contributed by atoms with Gasteiger partial charge in [0.25, 0.3) is 0 Å². The number of allylic oxidation sites excluding steroid dienone is 1. The van der Waals surface area contributed by atoms with E-state index in [-0.39, 0.29) is 0 Å². The molecule has 0 spiro atoms. The summed E-state index contributed by atoms with van der Waals surface area (Å²) in [5.74, 6) is 2.50. The Balaban J connectivity index is 1.99. The van der Waals surface area contributed by atoms with E-state index in [4.69, 9.17) is 5.11 Å². The first-order valence-electron chi connectivity index (χ1n) is 5.09. The van der Waals surface area contributed by atoms with Crippen LogP contribution in [0.5, 0.6) is 0 Å². The molecule has 2 rings (SSSR count). The minimum atomic E-state index is 0.373. The first-order valence-corrected chi connectivity index (χ1v) is 5.09. The molecule has 2 aliphatic rings. The highest BCUT2D eigenvalue weighted by Gasteiger charge is 2.37. The summed E-state index contributed by atoms with van der Waals surface area (Å²) in [5.41, 5.74) is 1.49. The summed E-state index contributed by atoms with van der Waals surface area (Å²) in [6.07, 6.45) is 6.29. The molecule has 12 heavy (non-hydrogen) atoms. The lowest BCUT2D eigenvalue weighted by Crippen LogP contribution is -2.18. The van der Waals surface area contributed by atoms with Crippen molar-refractivity contribution >= 4 is 0 Å². The molecule has 0 aromatic rings. The van der Waals surface area contributed by atoms with Crippen LogP contribution in [0, 0.1) is 17.8 Å². The summed E-state index contributed by atoms with van der Waals surface area (Å²) in [4.78, 5) is 0. The van der Waals surface area contributed by atoms with Gasteiger partial charge in [0, 0.05) is 6.61 Å². The van der Waals surface area contributed by atoms with Gasteiger partial charge in [-0.2, -0.15) is 0 Å². The maximum absolute atomic E-state index is 8.89. The summed E-state index contributed by atoms with van der Waals surface area (Å²) in [5, 5.41) is 8.89. The van der Waals surface area contributed by atoms with Gasteiger partial charge in [0.05, 0.1) is 0 Å². The zero-order valence-electron chi connectivity index (χ0n) is 7.63. The fraction of sp³-hybridized carbons (Fsp3) is 0.818. The third-order valence-corrected chi connectivity index (χ3v) is 3.74. The highest BCUT2D eigenvalue weighted by atomic mass is 16.3. The van der Waals surface area contributed by atoms with Gasteiger partial charge < -0.3 is 5.11 Å². The van der Waals surface area contributed by atoms with E-state index in [1.807, 2.05) is 0 Å². The molecule has 0 radical (unpaired) electrons. The van der Waals surface area contributed by atoms with E-state index in [0.29, 0.717) is 6.61 Å². The van der Waals surface area contributed by atoms with E-state index in [2.05, 4.69) is 6.58 Å². The molecule has 1 heteroatoms. The van der Waals surface area contributed by atoms with Crippen LogP contribution in [0.3, 0.4) is 0 Å². The predicted octanol–water partition coefficient (Wildman–Crippen LogP) is 2.36. The molecule has 2 unspecified atom stereocenters. The molecule has 2 saturated carbocycles. The lowest BCUT2D eigenvalue weighted by molar-refractivity contribution is 0.183. The van der Waals surface area contributed by atoms with E-state index in [1.54, 1.807) is 0 Å². The fourth-order valence-corrected chi connectivity index (χ4v) is 3.00. The Kier molecular flexibility index (Phi) is 2.22. The number of fused-ring (bicyclic) bond motifs is 2. The number of aliphatic hydroxyl groups is 1. The van der Waals surface area contributed by atoms with Crippen molar-refractivity contribution in [1.29, 1.82) is 0 Å². The topological polar surface area (TPSA) is 20.2 Å². The van der Waals surface area contributed by atoms with Gasteiger partial charge >= 0.3 is 0 Å². The molecule has 2 bridgehead atoms. The normalized spacial score (nSPS) is 40.4. The molecular weight excluding hydrogens is 148 g/mol. The molecule has 2 fully saturated rings. The van der Waals surface area contributed by atoms with Crippen LogP contribution in [-0.4, -0.2) is 11.7 Å². The quantitative estimate of drug-likeness (QED) is 0.624. The Morgan fingerprint density at radius 1 is 1.42 bits per heavy atom. The molecule has 0 aromatic carbocycles. The number of aliphatic hydroxyl groups excluding tert-OH is 1. The van der Waals surface area contributed by atoms with Crippen molar-refractivity contribution in [2.75, 3.05) is 6.61 Å². The SMILES string of the molecule is C=C1CC2CC1CC[C@H]2CCO. The maximum Gasteiger partial charge on any atom is 0.0433 e. The summed E-state index contributed by atoms with van der Waals surface area (Å²) in [6.45, 7) is 4.50. The van der Waals surface area contributed by atoms with Gasteiger partial charge in [-0.3, -0.25) is 0 Å². The van der Waals surface area contributed by atoms with Crippen LogP contribution in [0.1, 0.15) is 32.1 Å². The summed E-state index contributed by atoms with van der Waals surface area (Å²) in [6, 6.07) is 0. The molecule has 0 amide bonds. The van der Waals surface area contributed by atoms with E-state index < -0.39 is 0 Å². The molecule has 68 valence electrons. The average molecular weight is 166 g/mol. The molecule has 2 aliphatic carbocycles. The van der Waals surface area contributed by atoms with E-state index >= 15 is 0 Å². The Morgan fingerprint density at radius 3 is 3.00 bits per heavy atom. The van der Waals surface area contributed by atoms with Crippen molar-refractivity contribution in [2.45, 2.75) is 32.1 Å². The van der Waals surface area contributed by atoms with Crippen LogP contribution >= 0.6 is 0 Å². The van der Waals surface area contributed by atoms with Gasteiger partial charge in [-0.15, -0.1) is 0 Å².